The van der Waals surface area contributed by atoms with Gasteiger partial charge < -0.3 is 10.1 Å². The molecule has 0 aliphatic rings. The lowest BCUT2D eigenvalue weighted by Gasteiger charge is -2.26. The Labute approximate surface area is 122 Å². The third-order valence-electron chi connectivity index (χ3n) is 3.75. The van der Waals surface area contributed by atoms with E-state index in [2.05, 4.69) is 26.1 Å². The standard InChI is InChI=1S/C17H28FNO/c1-5-12-19-15(10-11-17(2,3)20-4)13-14-8-6-7-9-16(14)18/h6-9,15,19H,5,10-13H2,1-4H3. The Morgan fingerprint density at radius 2 is 2.00 bits per heavy atom. The number of rotatable bonds is 9. The number of benzene rings is 1. The average Bonchev–Trinajstić information content (AvgIpc) is 2.44. The van der Waals surface area contributed by atoms with Crippen molar-refractivity contribution in [3.8, 4) is 0 Å². The highest BCUT2D eigenvalue weighted by molar-refractivity contribution is 5.18. The summed E-state index contributed by atoms with van der Waals surface area (Å²) in [5.41, 5.74) is 0.665. The summed E-state index contributed by atoms with van der Waals surface area (Å²) in [5.74, 6) is -0.109. The van der Waals surface area contributed by atoms with E-state index < -0.39 is 0 Å². The van der Waals surface area contributed by atoms with Crippen molar-refractivity contribution >= 4 is 0 Å². The molecule has 2 nitrogen and oxygen atoms in total. The van der Waals surface area contributed by atoms with Gasteiger partial charge in [-0.2, -0.15) is 0 Å². The molecule has 0 aliphatic carbocycles. The lowest BCUT2D eigenvalue weighted by atomic mass is 9.95. The minimum Gasteiger partial charge on any atom is -0.379 e. The van der Waals surface area contributed by atoms with Gasteiger partial charge in [-0.3, -0.25) is 0 Å². The summed E-state index contributed by atoms with van der Waals surface area (Å²) < 4.78 is 19.2. The monoisotopic (exact) mass is 281 g/mol. The summed E-state index contributed by atoms with van der Waals surface area (Å²) in [6.07, 6.45) is 3.75. The van der Waals surface area contributed by atoms with Gasteiger partial charge in [0, 0.05) is 13.2 Å². The predicted molar refractivity (Wildman–Crippen MR) is 82.5 cm³/mol. The van der Waals surface area contributed by atoms with Crippen LogP contribution >= 0.6 is 0 Å². The third-order valence-corrected chi connectivity index (χ3v) is 3.75. The minimum absolute atomic E-state index is 0.109. The van der Waals surface area contributed by atoms with E-state index in [1.807, 2.05) is 12.1 Å². The summed E-state index contributed by atoms with van der Waals surface area (Å²) in [6, 6.07) is 7.33. The second kappa shape index (κ2) is 8.38. The van der Waals surface area contributed by atoms with Gasteiger partial charge in [-0.15, -0.1) is 0 Å². The second-order valence-electron chi connectivity index (χ2n) is 5.95. The highest BCUT2D eigenvalue weighted by Gasteiger charge is 2.19. The van der Waals surface area contributed by atoms with Gasteiger partial charge in [0.25, 0.3) is 0 Å². The molecule has 1 rings (SSSR count). The van der Waals surface area contributed by atoms with E-state index in [0.717, 1.165) is 37.8 Å². The first-order chi connectivity index (χ1) is 9.48. The van der Waals surface area contributed by atoms with Crippen LogP contribution in [-0.2, 0) is 11.2 Å². The molecule has 0 bridgehead atoms. The maximum Gasteiger partial charge on any atom is 0.126 e. The molecule has 1 N–H and O–H groups in total. The Morgan fingerprint density at radius 3 is 2.60 bits per heavy atom. The quantitative estimate of drug-likeness (QED) is 0.740. The zero-order valence-corrected chi connectivity index (χ0v) is 13.2. The highest BCUT2D eigenvalue weighted by atomic mass is 19.1. The molecule has 1 aromatic rings. The maximum atomic E-state index is 13.8. The van der Waals surface area contributed by atoms with Gasteiger partial charge in [0.1, 0.15) is 5.82 Å². The van der Waals surface area contributed by atoms with E-state index in [1.165, 1.54) is 6.07 Å². The second-order valence-corrected chi connectivity index (χ2v) is 5.95. The predicted octanol–water partition coefficient (Wildman–Crippen LogP) is 3.94. The molecule has 0 radical (unpaired) electrons. The first-order valence-corrected chi connectivity index (χ1v) is 7.50. The summed E-state index contributed by atoms with van der Waals surface area (Å²) in [6.45, 7) is 7.29. The van der Waals surface area contributed by atoms with Gasteiger partial charge >= 0.3 is 0 Å². The van der Waals surface area contributed by atoms with Gasteiger partial charge in [0.05, 0.1) is 5.60 Å². The zero-order valence-electron chi connectivity index (χ0n) is 13.2. The topological polar surface area (TPSA) is 21.3 Å². The smallest absolute Gasteiger partial charge is 0.126 e. The lowest BCUT2D eigenvalue weighted by Crippen LogP contribution is -2.35. The van der Waals surface area contributed by atoms with Crippen molar-refractivity contribution in [2.45, 2.75) is 58.1 Å². The number of ether oxygens (including phenoxy) is 1. The molecule has 0 saturated carbocycles. The molecule has 0 fully saturated rings. The van der Waals surface area contributed by atoms with E-state index >= 15 is 0 Å². The van der Waals surface area contributed by atoms with Crippen molar-refractivity contribution in [1.29, 1.82) is 0 Å². The summed E-state index contributed by atoms with van der Waals surface area (Å²) in [7, 11) is 1.74. The molecule has 0 aliphatic heterocycles. The largest absolute Gasteiger partial charge is 0.379 e. The number of nitrogens with one attached hydrogen (secondary N) is 1. The molecule has 0 amide bonds. The van der Waals surface area contributed by atoms with Gasteiger partial charge in [-0.25, -0.2) is 4.39 Å². The van der Waals surface area contributed by atoms with Crippen LogP contribution in [0.5, 0.6) is 0 Å². The van der Waals surface area contributed by atoms with Crippen molar-refractivity contribution < 1.29 is 9.13 Å². The van der Waals surface area contributed by atoms with E-state index in [9.17, 15) is 4.39 Å². The Morgan fingerprint density at radius 1 is 1.30 bits per heavy atom. The van der Waals surface area contributed by atoms with E-state index in [1.54, 1.807) is 13.2 Å². The zero-order chi connectivity index (χ0) is 15.0. The fourth-order valence-electron chi connectivity index (χ4n) is 2.18. The molecule has 3 heteroatoms. The molecule has 20 heavy (non-hydrogen) atoms. The van der Waals surface area contributed by atoms with Crippen LogP contribution in [-0.4, -0.2) is 25.3 Å². The Hall–Kier alpha value is -0.930. The van der Waals surface area contributed by atoms with Crippen molar-refractivity contribution in [3.05, 3.63) is 35.6 Å². The Balaban J connectivity index is 2.62. The number of hydrogen-bond donors (Lipinski definition) is 1. The summed E-state index contributed by atoms with van der Waals surface area (Å²) in [5, 5.41) is 3.52. The molecular formula is C17H28FNO. The van der Waals surface area contributed by atoms with Gasteiger partial charge in [-0.05, 0) is 57.7 Å². The average molecular weight is 281 g/mol. The molecule has 0 spiro atoms. The van der Waals surface area contributed by atoms with Crippen LogP contribution in [0.25, 0.3) is 0 Å². The van der Waals surface area contributed by atoms with Crippen LogP contribution in [0, 0.1) is 5.82 Å². The normalized spacial score (nSPS) is 13.4. The molecule has 114 valence electrons. The van der Waals surface area contributed by atoms with Crippen LogP contribution in [0.3, 0.4) is 0 Å². The molecule has 0 heterocycles. The SMILES string of the molecule is CCCNC(CCC(C)(C)OC)Cc1ccccc1F. The van der Waals surface area contributed by atoms with Crippen LogP contribution < -0.4 is 5.32 Å². The lowest BCUT2D eigenvalue weighted by molar-refractivity contribution is 0.0117. The van der Waals surface area contributed by atoms with Crippen molar-refractivity contribution in [1.82, 2.24) is 5.32 Å². The summed E-state index contributed by atoms with van der Waals surface area (Å²) >= 11 is 0. The molecule has 1 unspecified atom stereocenters. The third kappa shape index (κ3) is 6.02. The first kappa shape index (κ1) is 17.1. The van der Waals surface area contributed by atoms with Crippen LogP contribution in [0.4, 0.5) is 4.39 Å². The van der Waals surface area contributed by atoms with Gasteiger partial charge in [0.15, 0.2) is 0 Å². The number of halogens is 1. The first-order valence-electron chi connectivity index (χ1n) is 7.50. The molecule has 0 saturated heterocycles. The highest BCUT2D eigenvalue weighted by Crippen LogP contribution is 2.19. The minimum atomic E-state index is -0.124. The van der Waals surface area contributed by atoms with E-state index in [4.69, 9.17) is 4.74 Å². The van der Waals surface area contributed by atoms with Crippen LogP contribution in [0.15, 0.2) is 24.3 Å². The van der Waals surface area contributed by atoms with Gasteiger partial charge in [-0.1, -0.05) is 25.1 Å². The fourth-order valence-corrected chi connectivity index (χ4v) is 2.18. The summed E-state index contributed by atoms with van der Waals surface area (Å²) in [4.78, 5) is 0. The van der Waals surface area contributed by atoms with Crippen molar-refractivity contribution in [2.24, 2.45) is 0 Å². The van der Waals surface area contributed by atoms with Crippen LogP contribution in [0.1, 0.15) is 45.6 Å². The van der Waals surface area contributed by atoms with Crippen molar-refractivity contribution in [3.63, 3.8) is 0 Å². The van der Waals surface area contributed by atoms with Crippen molar-refractivity contribution in [2.75, 3.05) is 13.7 Å². The Kier molecular flexibility index (Phi) is 7.17. The Bertz CT molecular complexity index is 392. The molecule has 1 aromatic carbocycles. The van der Waals surface area contributed by atoms with E-state index in [-0.39, 0.29) is 11.4 Å². The molecule has 1 atom stereocenters. The number of methoxy groups -OCH3 is 1. The van der Waals surface area contributed by atoms with E-state index in [0.29, 0.717) is 6.04 Å². The molecular weight excluding hydrogens is 253 g/mol. The van der Waals surface area contributed by atoms with Gasteiger partial charge in [0.2, 0.25) is 0 Å². The fraction of sp³-hybridized carbons (Fsp3) is 0.647. The van der Waals surface area contributed by atoms with Crippen LogP contribution in [0.2, 0.25) is 0 Å². The maximum absolute atomic E-state index is 13.8. The number of hydrogen-bond acceptors (Lipinski definition) is 2. The molecule has 0 aromatic heterocycles.